The van der Waals surface area contributed by atoms with Gasteiger partial charge in [0.25, 0.3) is 0 Å². The SMILES string of the molecule is CCS(=O)(=O)CCCNc1cc(Cl)ccc1C#N. The molecule has 6 heteroatoms. The van der Waals surface area contributed by atoms with Crippen molar-refractivity contribution < 1.29 is 8.42 Å². The second-order valence-corrected chi connectivity index (χ2v) is 6.73. The fraction of sp³-hybridized carbons (Fsp3) is 0.417. The highest BCUT2D eigenvalue weighted by Crippen LogP contribution is 2.20. The van der Waals surface area contributed by atoms with E-state index >= 15 is 0 Å². The number of anilines is 1. The summed E-state index contributed by atoms with van der Waals surface area (Å²) in [5.41, 5.74) is 1.14. The van der Waals surface area contributed by atoms with E-state index < -0.39 is 9.84 Å². The van der Waals surface area contributed by atoms with Crippen molar-refractivity contribution in [3.8, 4) is 6.07 Å². The van der Waals surface area contributed by atoms with Crippen molar-refractivity contribution in [3.05, 3.63) is 28.8 Å². The summed E-state index contributed by atoms with van der Waals surface area (Å²) >= 11 is 5.84. The molecule has 0 unspecified atom stereocenters. The molecule has 1 aromatic carbocycles. The third-order valence-corrected chi connectivity index (χ3v) is 4.51. The van der Waals surface area contributed by atoms with Gasteiger partial charge in [-0.15, -0.1) is 0 Å². The minimum Gasteiger partial charge on any atom is -0.384 e. The van der Waals surface area contributed by atoms with Crippen LogP contribution in [0.25, 0.3) is 0 Å². The number of nitriles is 1. The molecule has 0 aliphatic rings. The van der Waals surface area contributed by atoms with Gasteiger partial charge >= 0.3 is 0 Å². The molecule has 0 atom stereocenters. The second-order valence-electron chi connectivity index (χ2n) is 3.82. The van der Waals surface area contributed by atoms with E-state index in [1.54, 1.807) is 25.1 Å². The molecule has 1 rings (SSSR count). The van der Waals surface area contributed by atoms with Crippen LogP contribution in [0.1, 0.15) is 18.9 Å². The first-order chi connectivity index (χ1) is 8.48. The van der Waals surface area contributed by atoms with Gasteiger partial charge in [-0.05, 0) is 24.6 Å². The number of sulfone groups is 1. The van der Waals surface area contributed by atoms with Gasteiger partial charge in [-0.3, -0.25) is 0 Å². The summed E-state index contributed by atoms with van der Waals surface area (Å²) in [6, 6.07) is 6.99. The van der Waals surface area contributed by atoms with Crippen molar-refractivity contribution >= 4 is 27.1 Å². The zero-order chi connectivity index (χ0) is 13.6. The molecule has 0 saturated carbocycles. The van der Waals surface area contributed by atoms with Crippen LogP contribution in [0.4, 0.5) is 5.69 Å². The predicted octanol–water partition coefficient (Wildman–Crippen LogP) is 2.45. The number of benzene rings is 1. The molecule has 4 nitrogen and oxygen atoms in total. The number of nitrogens with one attached hydrogen (secondary N) is 1. The third-order valence-electron chi connectivity index (χ3n) is 2.49. The van der Waals surface area contributed by atoms with Gasteiger partial charge in [-0.1, -0.05) is 18.5 Å². The Balaban J connectivity index is 2.55. The summed E-state index contributed by atoms with van der Waals surface area (Å²) in [6.07, 6.45) is 0.507. The highest BCUT2D eigenvalue weighted by atomic mass is 35.5. The number of rotatable bonds is 6. The van der Waals surface area contributed by atoms with Crippen LogP contribution in [0.5, 0.6) is 0 Å². The van der Waals surface area contributed by atoms with Crippen LogP contribution in [0.3, 0.4) is 0 Å². The first-order valence-electron chi connectivity index (χ1n) is 5.62. The Morgan fingerprint density at radius 2 is 2.17 bits per heavy atom. The summed E-state index contributed by atoms with van der Waals surface area (Å²) in [5.74, 6) is 0.312. The van der Waals surface area contributed by atoms with E-state index in [4.69, 9.17) is 16.9 Å². The molecule has 0 spiro atoms. The maximum atomic E-state index is 11.3. The maximum absolute atomic E-state index is 11.3. The van der Waals surface area contributed by atoms with Gasteiger partial charge in [0.1, 0.15) is 15.9 Å². The molecule has 0 fully saturated rings. The van der Waals surface area contributed by atoms with E-state index in [0.717, 1.165) is 0 Å². The minimum absolute atomic E-state index is 0.152. The fourth-order valence-corrected chi connectivity index (χ4v) is 2.46. The lowest BCUT2D eigenvalue weighted by Gasteiger charge is -2.08. The number of hydrogen-bond donors (Lipinski definition) is 1. The van der Waals surface area contributed by atoms with Gasteiger partial charge in [-0.2, -0.15) is 5.26 Å². The molecule has 0 heterocycles. The predicted molar refractivity (Wildman–Crippen MR) is 73.6 cm³/mol. The lowest BCUT2D eigenvalue weighted by molar-refractivity contribution is 0.595. The molecular weight excluding hydrogens is 272 g/mol. The summed E-state index contributed by atoms with van der Waals surface area (Å²) in [6.45, 7) is 2.13. The zero-order valence-corrected chi connectivity index (χ0v) is 11.7. The van der Waals surface area contributed by atoms with Gasteiger partial charge in [0, 0.05) is 17.3 Å². The topological polar surface area (TPSA) is 70.0 Å². The van der Waals surface area contributed by atoms with Crippen LogP contribution in [-0.2, 0) is 9.84 Å². The smallest absolute Gasteiger partial charge is 0.150 e. The number of hydrogen-bond acceptors (Lipinski definition) is 4. The zero-order valence-electron chi connectivity index (χ0n) is 10.1. The number of nitrogens with zero attached hydrogens (tertiary/aromatic N) is 1. The van der Waals surface area contributed by atoms with Crippen molar-refractivity contribution in [1.82, 2.24) is 0 Å². The standard InChI is InChI=1S/C12H15ClN2O2S/c1-2-18(16,17)7-3-6-15-12-8-11(13)5-4-10(12)9-14/h4-5,8,15H,2-3,6-7H2,1H3. The van der Waals surface area contributed by atoms with Crippen molar-refractivity contribution in [2.45, 2.75) is 13.3 Å². The Kier molecular flexibility index (Phi) is 5.45. The Bertz CT molecular complexity index is 550. The molecule has 0 aliphatic heterocycles. The van der Waals surface area contributed by atoms with Crippen LogP contribution < -0.4 is 5.32 Å². The highest BCUT2D eigenvalue weighted by molar-refractivity contribution is 7.91. The molecule has 0 aromatic heterocycles. The summed E-state index contributed by atoms with van der Waals surface area (Å²) in [4.78, 5) is 0. The molecule has 1 N–H and O–H groups in total. The fourth-order valence-electron chi connectivity index (χ4n) is 1.42. The quantitative estimate of drug-likeness (QED) is 0.816. The van der Waals surface area contributed by atoms with Gasteiger partial charge in [0.15, 0.2) is 0 Å². The normalized spacial score (nSPS) is 10.9. The van der Waals surface area contributed by atoms with E-state index in [1.165, 1.54) is 0 Å². The monoisotopic (exact) mass is 286 g/mol. The van der Waals surface area contributed by atoms with Gasteiger partial charge in [-0.25, -0.2) is 8.42 Å². The molecule has 0 saturated heterocycles. The molecule has 0 bridgehead atoms. The summed E-state index contributed by atoms with van der Waals surface area (Å²) in [7, 11) is -2.93. The first-order valence-corrected chi connectivity index (χ1v) is 7.82. The maximum Gasteiger partial charge on any atom is 0.150 e. The van der Waals surface area contributed by atoms with Gasteiger partial charge < -0.3 is 5.32 Å². The Morgan fingerprint density at radius 1 is 1.44 bits per heavy atom. The molecule has 0 radical (unpaired) electrons. The van der Waals surface area contributed by atoms with Gasteiger partial charge in [0.05, 0.1) is 17.0 Å². The average Bonchev–Trinajstić information content (AvgIpc) is 2.35. The molecule has 18 heavy (non-hydrogen) atoms. The largest absolute Gasteiger partial charge is 0.384 e. The van der Waals surface area contributed by atoms with Crippen LogP contribution in [-0.4, -0.2) is 26.5 Å². The van der Waals surface area contributed by atoms with Crippen LogP contribution in [0.15, 0.2) is 18.2 Å². The average molecular weight is 287 g/mol. The summed E-state index contributed by atoms with van der Waals surface area (Å²) in [5, 5.41) is 12.5. The Hall–Kier alpha value is -1.25. The molecule has 0 amide bonds. The Labute approximate surface area is 112 Å². The molecular formula is C12H15ClN2O2S. The lowest BCUT2D eigenvalue weighted by Crippen LogP contribution is -2.13. The summed E-state index contributed by atoms with van der Waals surface area (Å²) < 4.78 is 22.6. The van der Waals surface area contributed by atoms with Crippen molar-refractivity contribution in [2.75, 3.05) is 23.4 Å². The minimum atomic E-state index is -2.93. The Morgan fingerprint density at radius 3 is 2.78 bits per heavy atom. The van der Waals surface area contributed by atoms with E-state index in [-0.39, 0.29) is 11.5 Å². The molecule has 0 aliphatic carbocycles. The number of halogens is 1. The van der Waals surface area contributed by atoms with Crippen LogP contribution >= 0.6 is 11.6 Å². The molecule has 1 aromatic rings. The van der Waals surface area contributed by atoms with Crippen molar-refractivity contribution in [2.24, 2.45) is 0 Å². The van der Waals surface area contributed by atoms with Crippen LogP contribution in [0.2, 0.25) is 5.02 Å². The van der Waals surface area contributed by atoms with E-state index in [2.05, 4.69) is 11.4 Å². The van der Waals surface area contributed by atoms with E-state index in [0.29, 0.717) is 29.2 Å². The van der Waals surface area contributed by atoms with Crippen molar-refractivity contribution in [3.63, 3.8) is 0 Å². The second kappa shape index (κ2) is 6.62. The first kappa shape index (κ1) is 14.8. The third kappa shape index (κ3) is 4.55. The molecule has 98 valence electrons. The van der Waals surface area contributed by atoms with E-state index in [1.807, 2.05) is 0 Å². The van der Waals surface area contributed by atoms with Crippen molar-refractivity contribution in [1.29, 1.82) is 5.26 Å². The lowest BCUT2D eigenvalue weighted by atomic mass is 10.2. The van der Waals surface area contributed by atoms with Gasteiger partial charge in [0.2, 0.25) is 0 Å². The van der Waals surface area contributed by atoms with E-state index in [9.17, 15) is 8.42 Å². The van der Waals surface area contributed by atoms with Crippen LogP contribution in [0, 0.1) is 11.3 Å². The highest BCUT2D eigenvalue weighted by Gasteiger charge is 2.07.